The van der Waals surface area contributed by atoms with Crippen molar-refractivity contribution in [2.24, 2.45) is 0 Å². The van der Waals surface area contributed by atoms with Gasteiger partial charge in [0, 0.05) is 11.1 Å². The Hall–Kier alpha value is -4.46. The smallest absolute Gasteiger partial charge is 0.278 e. The first-order valence-corrected chi connectivity index (χ1v) is 11.5. The van der Waals surface area contributed by atoms with E-state index in [0.29, 0.717) is 22.1 Å². The third kappa shape index (κ3) is 4.22. The van der Waals surface area contributed by atoms with Crippen LogP contribution >= 0.6 is 0 Å². The lowest BCUT2D eigenvalue weighted by Gasteiger charge is -2.12. The molecule has 2 aromatic heterocycles. The molecule has 0 unspecified atom stereocenters. The van der Waals surface area contributed by atoms with E-state index in [1.807, 2.05) is 56.3 Å². The van der Waals surface area contributed by atoms with Gasteiger partial charge in [-0.15, -0.1) is 0 Å². The molecule has 0 spiro atoms. The van der Waals surface area contributed by atoms with Gasteiger partial charge in [-0.2, -0.15) is 0 Å². The number of benzene rings is 3. The van der Waals surface area contributed by atoms with Crippen LogP contribution in [0, 0.1) is 19.7 Å². The van der Waals surface area contributed by atoms with Gasteiger partial charge in [-0.25, -0.2) is 9.37 Å². The lowest BCUT2D eigenvalue weighted by molar-refractivity contribution is -0.116. The van der Waals surface area contributed by atoms with Crippen molar-refractivity contribution < 1.29 is 13.9 Å². The number of rotatable bonds is 6. The number of aryl methyl sites for hydroxylation is 1. The molecule has 0 aliphatic heterocycles. The fourth-order valence-electron chi connectivity index (χ4n) is 4.40. The first-order valence-electron chi connectivity index (χ1n) is 11.5. The van der Waals surface area contributed by atoms with Gasteiger partial charge in [-0.05, 0) is 66.9 Å². The third-order valence-corrected chi connectivity index (χ3v) is 6.48. The van der Waals surface area contributed by atoms with Crippen LogP contribution in [-0.4, -0.2) is 27.1 Å². The number of nitrogens with one attached hydrogen (secondary N) is 1. The van der Waals surface area contributed by atoms with Crippen LogP contribution in [0.1, 0.15) is 16.7 Å². The maximum Gasteiger partial charge on any atom is 0.278 e. The SMILES string of the molecule is COc1ccc(Cn2cnc3c4cc(F)ccc4n(CC(=O)Nc4cccc(C)c4C)c3c2=O)cc1. The monoisotopic (exact) mass is 484 g/mol. The topological polar surface area (TPSA) is 78.2 Å². The second-order valence-corrected chi connectivity index (χ2v) is 8.77. The predicted octanol–water partition coefficient (Wildman–Crippen LogP) is 4.80. The van der Waals surface area contributed by atoms with Crippen LogP contribution in [0.2, 0.25) is 0 Å². The number of hydrogen-bond donors (Lipinski definition) is 1. The Balaban J connectivity index is 1.58. The standard InChI is InChI=1S/C28H25FN4O3/c1-17-5-4-6-23(18(17)2)31-25(34)15-33-24-12-9-20(29)13-22(24)26-27(33)28(35)32(16-30-26)14-19-7-10-21(36-3)11-8-19/h4-13,16H,14-15H2,1-3H3,(H,31,34). The van der Waals surface area contributed by atoms with Crippen LogP contribution in [0.25, 0.3) is 21.9 Å². The molecule has 36 heavy (non-hydrogen) atoms. The number of fused-ring (bicyclic) bond motifs is 3. The maximum absolute atomic E-state index is 14.1. The highest BCUT2D eigenvalue weighted by atomic mass is 19.1. The number of carbonyl (C=O) groups is 1. The van der Waals surface area contributed by atoms with Gasteiger partial charge >= 0.3 is 0 Å². The molecule has 0 fully saturated rings. The molecule has 3 aromatic carbocycles. The zero-order chi connectivity index (χ0) is 25.4. The predicted molar refractivity (Wildman–Crippen MR) is 138 cm³/mol. The molecule has 5 aromatic rings. The number of carbonyl (C=O) groups excluding carboxylic acids is 1. The molecule has 0 saturated carbocycles. The van der Waals surface area contributed by atoms with Crippen LogP contribution in [0.4, 0.5) is 10.1 Å². The van der Waals surface area contributed by atoms with Crippen molar-refractivity contribution >= 4 is 33.5 Å². The molecule has 182 valence electrons. The largest absolute Gasteiger partial charge is 0.497 e. The number of aromatic nitrogens is 3. The Morgan fingerprint density at radius 2 is 1.86 bits per heavy atom. The summed E-state index contributed by atoms with van der Waals surface area (Å²) in [6.07, 6.45) is 1.46. The Bertz CT molecular complexity index is 1670. The molecule has 0 bridgehead atoms. The van der Waals surface area contributed by atoms with Crippen molar-refractivity contribution in [3.8, 4) is 5.75 Å². The van der Waals surface area contributed by atoms with E-state index >= 15 is 0 Å². The Kier molecular flexibility index (Phi) is 6.01. The van der Waals surface area contributed by atoms with Crippen molar-refractivity contribution in [3.63, 3.8) is 0 Å². The zero-order valence-corrected chi connectivity index (χ0v) is 20.2. The summed E-state index contributed by atoms with van der Waals surface area (Å²) in [6.45, 7) is 4.08. The summed E-state index contributed by atoms with van der Waals surface area (Å²) in [6, 6.07) is 17.3. The van der Waals surface area contributed by atoms with E-state index in [-0.39, 0.29) is 30.1 Å². The van der Waals surface area contributed by atoms with Gasteiger partial charge in [-0.1, -0.05) is 24.3 Å². The lowest BCUT2D eigenvalue weighted by atomic mass is 10.1. The van der Waals surface area contributed by atoms with Gasteiger partial charge < -0.3 is 14.6 Å². The van der Waals surface area contributed by atoms with E-state index in [4.69, 9.17) is 4.74 Å². The minimum atomic E-state index is -0.439. The second kappa shape index (κ2) is 9.30. The van der Waals surface area contributed by atoms with Crippen molar-refractivity contribution in [3.05, 3.63) is 99.9 Å². The highest BCUT2D eigenvalue weighted by molar-refractivity contribution is 6.06. The van der Waals surface area contributed by atoms with Crippen molar-refractivity contribution in [1.29, 1.82) is 0 Å². The first-order chi connectivity index (χ1) is 17.4. The number of ether oxygens (including phenoxy) is 1. The van der Waals surface area contributed by atoms with E-state index in [1.54, 1.807) is 17.7 Å². The number of anilines is 1. The summed E-state index contributed by atoms with van der Waals surface area (Å²) >= 11 is 0. The molecule has 0 radical (unpaired) electrons. The van der Waals surface area contributed by atoms with Crippen LogP contribution in [0.5, 0.6) is 5.75 Å². The van der Waals surface area contributed by atoms with E-state index < -0.39 is 5.82 Å². The summed E-state index contributed by atoms with van der Waals surface area (Å²) in [5.74, 6) is -0.0148. The summed E-state index contributed by atoms with van der Waals surface area (Å²) in [5.41, 5.74) is 4.50. The molecule has 0 saturated heterocycles. The van der Waals surface area contributed by atoms with Gasteiger partial charge in [0.2, 0.25) is 5.91 Å². The van der Waals surface area contributed by atoms with Gasteiger partial charge in [0.1, 0.15) is 29.1 Å². The minimum absolute atomic E-state index is 0.123. The Morgan fingerprint density at radius 3 is 2.61 bits per heavy atom. The fraction of sp³-hybridized carbons (Fsp3) is 0.179. The number of halogens is 1. The summed E-state index contributed by atoms with van der Waals surface area (Å²) in [5, 5.41) is 3.42. The van der Waals surface area contributed by atoms with Gasteiger partial charge in [0.25, 0.3) is 5.56 Å². The molecule has 0 aliphatic rings. The Labute approximate surface area is 206 Å². The number of nitrogens with zero attached hydrogens (tertiary/aromatic N) is 3. The van der Waals surface area contributed by atoms with E-state index in [0.717, 1.165) is 22.4 Å². The molecule has 7 nitrogen and oxygen atoms in total. The first kappa shape index (κ1) is 23.3. The van der Waals surface area contributed by atoms with Crippen LogP contribution < -0.4 is 15.6 Å². The normalized spacial score (nSPS) is 11.2. The number of hydrogen-bond acceptors (Lipinski definition) is 4. The molecule has 2 heterocycles. The van der Waals surface area contributed by atoms with Crippen molar-refractivity contribution in [1.82, 2.24) is 14.1 Å². The molecule has 0 atom stereocenters. The van der Waals surface area contributed by atoms with Crippen LogP contribution in [0.3, 0.4) is 0 Å². The minimum Gasteiger partial charge on any atom is -0.497 e. The average molecular weight is 485 g/mol. The highest BCUT2D eigenvalue weighted by Gasteiger charge is 2.19. The van der Waals surface area contributed by atoms with Gasteiger partial charge in [0.15, 0.2) is 0 Å². The molecule has 1 amide bonds. The van der Waals surface area contributed by atoms with Crippen molar-refractivity contribution in [2.45, 2.75) is 26.9 Å². The maximum atomic E-state index is 14.1. The lowest BCUT2D eigenvalue weighted by Crippen LogP contribution is -2.25. The quantitative estimate of drug-likeness (QED) is 0.376. The van der Waals surface area contributed by atoms with Crippen molar-refractivity contribution in [2.75, 3.05) is 12.4 Å². The molecule has 0 aliphatic carbocycles. The number of amides is 1. The second-order valence-electron chi connectivity index (χ2n) is 8.77. The van der Waals surface area contributed by atoms with Gasteiger partial charge in [0.05, 0.1) is 25.5 Å². The molecule has 8 heteroatoms. The van der Waals surface area contributed by atoms with Crippen LogP contribution in [0.15, 0.2) is 71.8 Å². The number of methoxy groups -OCH3 is 1. The summed E-state index contributed by atoms with van der Waals surface area (Å²) < 4.78 is 22.4. The fourth-order valence-corrected chi connectivity index (χ4v) is 4.40. The summed E-state index contributed by atoms with van der Waals surface area (Å²) in [4.78, 5) is 31.2. The highest BCUT2D eigenvalue weighted by Crippen LogP contribution is 2.27. The molecule has 5 rings (SSSR count). The molecular weight excluding hydrogens is 459 g/mol. The molecule has 1 N–H and O–H groups in total. The third-order valence-electron chi connectivity index (χ3n) is 6.48. The zero-order valence-electron chi connectivity index (χ0n) is 20.2. The summed E-state index contributed by atoms with van der Waals surface area (Å²) in [7, 11) is 1.59. The van der Waals surface area contributed by atoms with E-state index in [9.17, 15) is 14.0 Å². The van der Waals surface area contributed by atoms with E-state index in [1.165, 1.54) is 23.0 Å². The molecular formula is C28H25FN4O3. The van der Waals surface area contributed by atoms with Crippen LogP contribution in [-0.2, 0) is 17.9 Å². The van der Waals surface area contributed by atoms with Gasteiger partial charge in [-0.3, -0.25) is 14.2 Å². The van der Waals surface area contributed by atoms with E-state index in [2.05, 4.69) is 10.3 Å². The average Bonchev–Trinajstić information content (AvgIpc) is 3.17. The Morgan fingerprint density at radius 1 is 1.08 bits per heavy atom.